The summed E-state index contributed by atoms with van der Waals surface area (Å²) in [6.07, 6.45) is 5.28. The molecule has 0 radical (unpaired) electrons. The van der Waals surface area contributed by atoms with Gasteiger partial charge in [-0.25, -0.2) is 0 Å². The van der Waals surface area contributed by atoms with Crippen molar-refractivity contribution in [2.24, 2.45) is 5.73 Å². The van der Waals surface area contributed by atoms with Crippen LogP contribution in [-0.2, 0) is 12.8 Å². The van der Waals surface area contributed by atoms with E-state index in [0.29, 0.717) is 11.3 Å². The third-order valence-corrected chi connectivity index (χ3v) is 3.37. The molecule has 0 saturated heterocycles. The quantitative estimate of drug-likeness (QED) is 0.805. The maximum atomic E-state index is 9.09. The molecular formula is C15H18N2. The number of nitrogens with two attached hydrogens (primary N) is 1. The zero-order valence-electron chi connectivity index (χ0n) is 10.3. The normalized spacial score (nSPS) is 15.1. The van der Waals surface area contributed by atoms with Crippen molar-refractivity contribution in [2.75, 3.05) is 0 Å². The van der Waals surface area contributed by atoms with Crippen LogP contribution < -0.4 is 5.73 Å². The Morgan fingerprint density at radius 3 is 2.82 bits per heavy atom. The van der Waals surface area contributed by atoms with Crippen molar-refractivity contribution < 1.29 is 0 Å². The molecule has 1 aromatic carbocycles. The van der Waals surface area contributed by atoms with Crippen molar-refractivity contribution in [1.82, 2.24) is 0 Å². The fraction of sp³-hybridized carbons (Fsp3) is 0.400. The molecule has 0 amide bonds. The van der Waals surface area contributed by atoms with Crippen molar-refractivity contribution in [1.29, 1.82) is 5.26 Å². The van der Waals surface area contributed by atoms with Gasteiger partial charge in [-0.05, 0) is 48.4 Å². The first-order valence-corrected chi connectivity index (χ1v) is 6.27. The van der Waals surface area contributed by atoms with Crippen LogP contribution in [0, 0.1) is 11.3 Å². The maximum Gasteiger partial charge on any atom is 0.0968 e. The van der Waals surface area contributed by atoms with Crippen LogP contribution >= 0.6 is 0 Å². The largest absolute Gasteiger partial charge is 0.397 e. The molecule has 0 spiro atoms. The summed E-state index contributed by atoms with van der Waals surface area (Å²) in [6.45, 7) is 2.06. The lowest BCUT2D eigenvalue weighted by Gasteiger charge is -2.07. The third kappa shape index (κ3) is 2.34. The Hall–Kier alpha value is -1.75. The van der Waals surface area contributed by atoms with Crippen LogP contribution in [0.25, 0.3) is 5.70 Å². The van der Waals surface area contributed by atoms with E-state index in [1.165, 1.54) is 24.0 Å². The summed E-state index contributed by atoms with van der Waals surface area (Å²) in [4.78, 5) is 0. The van der Waals surface area contributed by atoms with Gasteiger partial charge in [0.05, 0.1) is 17.3 Å². The molecule has 1 aliphatic carbocycles. The molecule has 88 valence electrons. The zero-order valence-corrected chi connectivity index (χ0v) is 10.3. The van der Waals surface area contributed by atoms with Gasteiger partial charge in [0.15, 0.2) is 0 Å². The smallest absolute Gasteiger partial charge is 0.0968 e. The molecule has 2 nitrogen and oxygen atoms in total. The number of fused-ring (bicyclic) bond motifs is 1. The van der Waals surface area contributed by atoms with Crippen LogP contribution in [-0.4, -0.2) is 0 Å². The monoisotopic (exact) mass is 226 g/mol. The number of hydrogen-bond acceptors (Lipinski definition) is 2. The lowest BCUT2D eigenvalue weighted by molar-refractivity contribution is 0.911. The second-order valence-corrected chi connectivity index (χ2v) is 4.59. The van der Waals surface area contributed by atoms with Gasteiger partial charge in [-0.15, -0.1) is 0 Å². The average Bonchev–Trinajstić information content (AvgIpc) is 2.82. The van der Waals surface area contributed by atoms with Crippen LogP contribution in [0.15, 0.2) is 23.8 Å². The molecule has 2 N–H and O–H groups in total. The first-order valence-electron chi connectivity index (χ1n) is 6.27. The highest BCUT2D eigenvalue weighted by Crippen LogP contribution is 2.26. The van der Waals surface area contributed by atoms with Crippen molar-refractivity contribution >= 4 is 5.70 Å². The van der Waals surface area contributed by atoms with Gasteiger partial charge in [0, 0.05) is 0 Å². The van der Waals surface area contributed by atoms with Crippen molar-refractivity contribution in [3.63, 3.8) is 0 Å². The predicted molar refractivity (Wildman–Crippen MR) is 70.1 cm³/mol. The molecule has 0 atom stereocenters. The number of aryl methyl sites for hydroxylation is 2. The SMILES string of the molecule is CCC/C(C#N)=C(/N)c1ccc2c(c1)CCC2. The number of nitriles is 1. The standard InChI is InChI=1S/C15H18N2/c1-2-4-14(10-16)15(17)13-8-7-11-5-3-6-12(11)9-13/h7-9H,2-6,17H2,1H3/b15-14-. The summed E-state index contributed by atoms with van der Waals surface area (Å²) in [6, 6.07) is 8.59. The first kappa shape index (κ1) is 11.7. The highest BCUT2D eigenvalue weighted by atomic mass is 14.6. The Balaban J connectivity index is 2.37. The van der Waals surface area contributed by atoms with Gasteiger partial charge in [0.25, 0.3) is 0 Å². The zero-order chi connectivity index (χ0) is 12.3. The van der Waals surface area contributed by atoms with E-state index in [0.717, 1.165) is 24.8 Å². The van der Waals surface area contributed by atoms with Crippen LogP contribution in [0.2, 0.25) is 0 Å². The average molecular weight is 226 g/mol. The summed E-state index contributed by atoms with van der Waals surface area (Å²) >= 11 is 0. The Labute approximate surface area is 103 Å². The minimum Gasteiger partial charge on any atom is -0.397 e. The Kier molecular flexibility index (Phi) is 3.49. The Bertz CT molecular complexity index is 492. The summed E-state index contributed by atoms with van der Waals surface area (Å²) in [7, 11) is 0. The van der Waals surface area contributed by atoms with Gasteiger partial charge in [0.2, 0.25) is 0 Å². The highest BCUT2D eigenvalue weighted by Gasteiger charge is 2.12. The molecule has 2 rings (SSSR count). The molecule has 17 heavy (non-hydrogen) atoms. The third-order valence-electron chi connectivity index (χ3n) is 3.37. The van der Waals surface area contributed by atoms with E-state index in [4.69, 9.17) is 11.0 Å². The van der Waals surface area contributed by atoms with Gasteiger partial charge in [-0.1, -0.05) is 25.5 Å². The fourth-order valence-electron chi connectivity index (χ4n) is 2.41. The van der Waals surface area contributed by atoms with E-state index in [-0.39, 0.29) is 0 Å². The summed E-state index contributed by atoms with van der Waals surface area (Å²) in [5.74, 6) is 0. The lowest BCUT2D eigenvalue weighted by atomic mass is 10.0. The highest BCUT2D eigenvalue weighted by molar-refractivity contribution is 5.70. The lowest BCUT2D eigenvalue weighted by Crippen LogP contribution is -2.02. The molecule has 0 fully saturated rings. The first-order chi connectivity index (χ1) is 8.26. The molecule has 0 aliphatic heterocycles. The number of rotatable bonds is 3. The van der Waals surface area contributed by atoms with Crippen LogP contribution in [0.4, 0.5) is 0 Å². The number of nitrogens with zero attached hydrogens (tertiary/aromatic N) is 1. The summed E-state index contributed by atoms with van der Waals surface area (Å²) < 4.78 is 0. The summed E-state index contributed by atoms with van der Waals surface area (Å²) in [5, 5.41) is 9.09. The van der Waals surface area contributed by atoms with Crippen molar-refractivity contribution in [3.8, 4) is 6.07 Å². The minimum absolute atomic E-state index is 0.657. The molecule has 1 aliphatic rings. The van der Waals surface area contributed by atoms with Gasteiger partial charge in [0.1, 0.15) is 0 Å². The number of benzene rings is 1. The second-order valence-electron chi connectivity index (χ2n) is 4.59. The molecular weight excluding hydrogens is 208 g/mol. The van der Waals surface area contributed by atoms with Crippen LogP contribution in [0.1, 0.15) is 42.9 Å². The van der Waals surface area contributed by atoms with E-state index >= 15 is 0 Å². The van der Waals surface area contributed by atoms with E-state index in [2.05, 4.69) is 25.1 Å². The predicted octanol–water partition coefficient (Wildman–Crippen LogP) is 3.17. The van der Waals surface area contributed by atoms with Crippen LogP contribution in [0.3, 0.4) is 0 Å². The molecule has 0 heterocycles. The Morgan fingerprint density at radius 1 is 1.35 bits per heavy atom. The molecule has 2 heteroatoms. The maximum absolute atomic E-state index is 9.09. The van der Waals surface area contributed by atoms with Gasteiger partial charge in [-0.3, -0.25) is 0 Å². The van der Waals surface area contributed by atoms with Crippen molar-refractivity contribution in [2.45, 2.75) is 39.0 Å². The molecule has 0 bridgehead atoms. The Morgan fingerprint density at radius 2 is 2.12 bits per heavy atom. The van der Waals surface area contributed by atoms with Crippen LogP contribution in [0.5, 0.6) is 0 Å². The number of hydrogen-bond donors (Lipinski definition) is 1. The van der Waals surface area contributed by atoms with Crippen molar-refractivity contribution in [3.05, 3.63) is 40.5 Å². The molecule has 0 unspecified atom stereocenters. The van der Waals surface area contributed by atoms with Gasteiger partial charge >= 0.3 is 0 Å². The van der Waals surface area contributed by atoms with E-state index in [9.17, 15) is 0 Å². The van der Waals surface area contributed by atoms with Gasteiger partial charge < -0.3 is 5.73 Å². The summed E-state index contributed by atoms with van der Waals surface area (Å²) in [5.41, 5.74) is 11.3. The van der Waals surface area contributed by atoms with E-state index in [1.807, 2.05) is 6.07 Å². The fourth-order valence-corrected chi connectivity index (χ4v) is 2.41. The minimum atomic E-state index is 0.657. The van der Waals surface area contributed by atoms with Gasteiger partial charge in [-0.2, -0.15) is 5.26 Å². The van der Waals surface area contributed by atoms with E-state index in [1.54, 1.807) is 0 Å². The molecule has 0 aromatic heterocycles. The second kappa shape index (κ2) is 5.05. The molecule has 0 saturated carbocycles. The number of allylic oxidation sites excluding steroid dienone is 1. The molecule has 1 aromatic rings. The van der Waals surface area contributed by atoms with E-state index < -0.39 is 0 Å². The topological polar surface area (TPSA) is 49.8 Å².